The Labute approximate surface area is 110 Å². The minimum absolute atomic E-state index is 0. The number of halogens is 3. The van der Waals surface area contributed by atoms with E-state index in [9.17, 15) is 4.39 Å². The average Bonchev–Trinajstić information content (AvgIpc) is 2.25. The second-order valence-electron chi connectivity index (χ2n) is 3.32. The Morgan fingerprint density at radius 2 is 1.71 bits per heavy atom. The zero-order valence-electron chi connectivity index (χ0n) is 8.79. The molecule has 0 radical (unpaired) electrons. The minimum Gasteiger partial charge on any atom is -1.00 e. The minimum atomic E-state index is -0.299. The van der Waals surface area contributed by atoms with Crippen LogP contribution in [0.2, 0.25) is 5.02 Å². The van der Waals surface area contributed by atoms with Gasteiger partial charge in [-0.25, -0.2) is 4.39 Å². The maximum Gasteiger partial charge on any atom is 0.146 e. The number of quaternary nitrogens is 1. The van der Waals surface area contributed by atoms with E-state index in [0.29, 0.717) is 16.5 Å². The van der Waals surface area contributed by atoms with E-state index in [4.69, 9.17) is 16.3 Å². The van der Waals surface area contributed by atoms with E-state index in [1.54, 1.807) is 30.3 Å². The monoisotopic (exact) mass is 273 g/mol. The van der Waals surface area contributed by atoms with Crippen molar-refractivity contribution in [2.75, 3.05) is 0 Å². The highest BCUT2D eigenvalue weighted by Gasteiger charge is 2.04. The summed E-state index contributed by atoms with van der Waals surface area (Å²) >= 11 is 5.97. The van der Waals surface area contributed by atoms with Gasteiger partial charge in [0.15, 0.2) is 0 Å². The molecule has 0 unspecified atom stereocenters. The van der Waals surface area contributed by atoms with Crippen LogP contribution in [-0.4, -0.2) is 0 Å². The van der Waals surface area contributed by atoms with Crippen LogP contribution in [0.25, 0.3) is 0 Å². The number of hydrogen-bond acceptors (Lipinski definition) is 1. The largest absolute Gasteiger partial charge is 1.00 e. The normalized spacial score (nSPS) is 9.59. The number of hydrogen-bond donors (Lipinski definition) is 1. The SMILES string of the molecule is [Cl-].[NH3+]c1ccc(Oc2ccc(F)cc2)c(Cl)c1. The lowest BCUT2D eigenvalue weighted by atomic mass is 10.3. The third-order valence-electron chi connectivity index (χ3n) is 2.04. The van der Waals surface area contributed by atoms with Gasteiger partial charge in [-0.1, -0.05) is 11.6 Å². The van der Waals surface area contributed by atoms with Gasteiger partial charge in [0.1, 0.15) is 23.0 Å². The smallest absolute Gasteiger partial charge is 0.146 e. The van der Waals surface area contributed by atoms with Crippen molar-refractivity contribution in [1.82, 2.24) is 0 Å². The highest BCUT2D eigenvalue weighted by atomic mass is 35.5. The van der Waals surface area contributed by atoms with Gasteiger partial charge >= 0.3 is 0 Å². The highest BCUT2D eigenvalue weighted by Crippen LogP contribution is 2.30. The summed E-state index contributed by atoms with van der Waals surface area (Å²) in [5.41, 5.74) is 4.57. The van der Waals surface area contributed by atoms with Crippen LogP contribution in [0.3, 0.4) is 0 Å². The van der Waals surface area contributed by atoms with E-state index >= 15 is 0 Å². The van der Waals surface area contributed by atoms with Crippen LogP contribution >= 0.6 is 11.6 Å². The van der Waals surface area contributed by atoms with Gasteiger partial charge in [-0.2, -0.15) is 0 Å². The predicted molar refractivity (Wildman–Crippen MR) is 60.5 cm³/mol. The molecule has 0 heterocycles. The maximum absolute atomic E-state index is 12.7. The summed E-state index contributed by atoms with van der Waals surface area (Å²) in [5.74, 6) is 0.771. The van der Waals surface area contributed by atoms with Gasteiger partial charge in [0.05, 0.1) is 5.02 Å². The molecule has 90 valence electrons. The van der Waals surface area contributed by atoms with Crippen molar-refractivity contribution in [3.63, 3.8) is 0 Å². The van der Waals surface area contributed by atoms with Crippen molar-refractivity contribution in [2.45, 2.75) is 0 Å². The molecule has 2 rings (SSSR count). The summed E-state index contributed by atoms with van der Waals surface area (Å²) < 4.78 is 18.2. The zero-order chi connectivity index (χ0) is 11.5. The van der Waals surface area contributed by atoms with Crippen molar-refractivity contribution in [1.29, 1.82) is 0 Å². The van der Waals surface area contributed by atoms with E-state index in [1.165, 1.54) is 12.1 Å². The first-order chi connectivity index (χ1) is 7.65. The van der Waals surface area contributed by atoms with Crippen molar-refractivity contribution in [3.8, 4) is 11.5 Å². The molecular formula is C12H10Cl2FNO. The van der Waals surface area contributed by atoms with Crippen LogP contribution in [0.15, 0.2) is 42.5 Å². The summed E-state index contributed by atoms with van der Waals surface area (Å²) in [5, 5.41) is 0.483. The first-order valence-electron chi connectivity index (χ1n) is 4.70. The Hall–Kier alpha value is -1.29. The Kier molecular flexibility index (Phi) is 4.75. The Morgan fingerprint density at radius 1 is 1.06 bits per heavy atom. The van der Waals surface area contributed by atoms with Gasteiger partial charge in [-0.05, 0) is 30.3 Å². The lowest BCUT2D eigenvalue weighted by Gasteiger charge is -2.06. The molecule has 17 heavy (non-hydrogen) atoms. The van der Waals surface area contributed by atoms with Gasteiger partial charge in [0.2, 0.25) is 0 Å². The number of benzene rings is 2. The van der Waals surface area contributed by atoms with Gasteiger partial charge in [-0.15, -0.1) is 0 Å². The molecular weight excluding hydrogens is 264 g/mol. The first-order valence-corrected chi connectivity index (χ1v) is 5.08. The fourth-order valence-electron chi connectivity index (χ4n) is 1.26. The van der Waals surface area contributed by atoms with Crippen LogP contribution in [0, 0.1) is 5.82 Å². The molecule has 5 heteroatoms. The average molecular weight is 274 g/mol. The van der Waals surface area contributed by atoms with Crippen LogP contribution < -0.4 is 22.9 Å². The molecule has 2 aromatic rings. The Bertz CT molecular complexity index is 502. The van der Waals surface area contributed by atoms with Crippen LogP contribution in [0.4, 0.5) is 10.1 Å². The Morgan fingerprint density at radius 3 is 2.29 bits per heavy atom. The van der Waals surface area contributed by atoms with Crippen molar-refractivity contribution < 1.29 is 27.3 Å². The fraction of sp³-hybridized carbons (Fsp3) is 0. The molecule has 0 atom stereocenters. The van der Waals surface area contributed by atoms with E-state index in [2.05, 4.69) is 5.73 Å². The van der Waals surface area contributed by atoms with Gasteiger partial charge in [0.25, 0.3) is 0 Å². The summed E-state index contributed by atoms with van der Waals surface area (Å²) in [7, 11) is 0. The molecule has 3 N–H and O–H groups in total. The zero-order valence-corrected chi connectivity index (χ0v) is 10.3. The van der Waals surface area contributed by atoms with Crippen LogP contribution in [0.1, 0.15) is 0 Å². The molecule has 0 bridgehead atoms. The maximum atomic E-state index is 12.7. The second-order valence-corrected chi connectivity index (χ2v) is 3.73. The predicted octanol–water partition coefficient (Wildman–Crippen LogP) is 0.149. The molecule has 0 amide bonds. The number of rotatable bonds is 2. The molecule has 0 fully saturated rings. The van der Waals surface area contributed by atoms with E-state index in [0.717, 1.165) is 5.69 Å². The quantitative estimate of drug-likeness (QED) is 0.831. The lowest BCUT2D eigenvalue weighted by molar-refractivity contribution is -0.254. The van der Waals surface area contributed by atoms with Crippen LogP contribution in [0.5, 0.6) is 11.5 Å². The topological polar surface area (TPSA) is 36.9 Å². The molecule has 0 saturated heterocycles. The van der Waals surface area contributed by atoms with Gasteiger partial charge < -0.3 is 22.9 Å². The van der Waals surface area contributed by atoms with Crippen molar-refractivity contribution in [2.24, 2.45) is 0 Å². The fourth-order valence-corrected chi connectivity index (χ4v) is 1.50. The van der Waals surface area contributed by atoms with E-state index < -0.39 is 0 Å². The highest BCUT2D eigenvalue weighted by molar-refractivity contribution is 6.32. The lowest BCUT2D eigenvalue weighted by Crippen LogP contribution is -3.00. The third-order valence-corrected chi connectivity index (χ3v) is 2.33. The van der Waals surface area contributed by atoms with Crippen LogP contribution in [-0.2, 0) is 0 Å². The van der Waals surface area contributed by atoms with E-state index in [1.807, 2.05) is 0 Å². The van der Waals surface area contributed by atoms with Gasteiger partial charge in [0, 0.05) is 12.1 Å². The summed E-state index contributed by atoms with van der Waals surface area (Å²) in [6.45, 7) is 0. The number of ether oxygens (including phenoxy) is 1. The second kappa shape index (κ2) is 5.87. The van der Waals surface area contributed by atoms with E-state index in [-0.39, 0.29) is 18.2 Å². The molecule has 0 aliphatic rings. The molecule has 0 aliphatic carbocycles. The third kappa shape index (κ3) is 3.60. The standard InChI is InChI=1S/C12H9ClFNO.ClH/c13-11-7-9(15)3-6-12(11)16-10-4-1-8(14)2-5-10;/h1-7H,15H2;1H. The molecule has 0 aliphatic heterocycles. The Balaban J connectivity index is 0.00000144. The summed E-state index contributed by atoms with van der Waals surface area (Å²) in [6, 6.07) is 11.0. The molecule has 0 spiro atoms. The van der Waals surface area contributed by atoms with Crippen molar-refractivity contribution >= 4 is 17.3 Å². The molecule has 0 saturated carbocycles. The first kappa shape index (κ1) is 13.8. The molecule has 2 aromatic carbocycles. The molecule has 2 nitrogen and oxygen atoms in total. The van der Waals surface area contributed by atoms with Crippen molar-refractivity contribution in [3.05, 3.63) is 53.3 Å². The summed E-state index contributed by atoms with van der Waals surface area (Å²) in [4.78, 5) is 0. The van der Waals surface area contributed by atoms with Gasteiger partial charge in [-0.3, -0.25) is 0 Å². The summed E-state index contributed by atoms with van der Waals surface area (Å²) in [6.07, 6.45) is 0. The molecule has 0 aromatic heterocycles.